The fourth-order valence-electron chi connectivity index (χ4n) is 2.43. The number of aliphatic hydroxyl groups excluding tert-OH is 1. The van der Waals surface area contributed by atoms with E-state index in [1.54, 1.807) is 0 Å². The Morgan fingerprint density at radius 2 is 1.74 bits per heavy atom. The summed E-state index contributed by atoms with van der Waals surface area (Å²) in [6.45, 7) is 0. The Balaban J connectivity index is 2.09. The number of benzene rings is 2. The SMILES string of the molecule is O=Nc1cc(O)c2c(c1)O[C@H](c1ccc(O)c(O)c1)C(O)C2=O. The average Bonchev–Trinajstić information content (AvgIpc) is 2.52. The largest absolute Gasteiger partial charge is 0.507 e. The van der Waals surface area contributed by atoms with Crippen molar-refractivity contribution in [1.82, 2.24) is 0 Å². The van der Waals surface area contributed by atoms with Crippen molar-refractivity contribution < 1.29 is 30.0 Å². The summed E-state index contributed by atoms with van der Waals surface area (Å²) in [7, 11) is 0. The molecule has 1 aliphatic rings. The van der Waals surface area contributed by atoms with E-state index in [2.05, 4.69) is 5.18 Å². The molecule has 4 N–H and O–H groups in total. The summed E-state index contributed by atoms with van der Waals surface area (Å²) in [4.78, 5) is 22.9. The van der Waals surface area contributed by atoms with Crippen molar-refractivity contribution in [2.45, 2.75) is 12.2 Å². The minimum Gasteiger partial charge on any atom is -0.507 e. The molecule has 0 saturated carbocycles. The average molecular weight is 317 g/mol. The van der Waals surface area contributed by atoms with Gasteiger partial charge in [-0.1, -0.05) is 6.07 Å². The minimum absolute atomic E-state index is 0.104. The Morgan fingerprint density at radius 3 is 2.39 bits per heavy atom. The zero-order valence-corrected chi connectivity index (χ0v) is 11.5. The third kappa shape index (κ3) is 2.34. The van der Waals surface area contributed by atoms with E-state index in [9.17, 15) is 30.1 Å². The third-order valence-corrected chi connectivity index (χ3v) is 3.56. The fourth-order valence-corrected chi connectivity index (χ4v) is 2.43. The van der Waals surface area contributed by atoms with E-state index >= 15 is 0 Å². The van der Waals surface area contributed by atoms with Crippen LogP contribution < -0.4 is 4.74 Å². The van der Waals surface area contributed by atoms with Gasteiger partial charge in [0.2, 0.25) is 5.78 Å². The van der Waals surface area contributed by atoms with Gasteiger partial charge in [0.25, 0.3) is 0 Å². The normalized spacial score (nSPS) is 19.8. The molecule has 0 aliphatic carbocycles. The van der Waals surface area contributed by atoms with E-state index in [1.807, 2.05) is 0 Å². The van der Waals surface area contributed by atoms with Crippen molar-refractivity contribution in [3.63, 3.8) is 0 Å². The van der Waals surface area contributed by atoms with Gasteiger partial charge in [0, 0.05) is 12.1 Å². The lowest BCUT2D eigenvalue weighted by molar-refractivity contribution is 0.0211. The maximum absolute atomic E-state index is 12.3. The van der Waals surface area contributed by atoms with Crippen molar-refractivity contribution in [2.75, 3.05) is 0 Å². The molecule has 118 valence electrons. The Hall–Kier alpha value is -3.13. The lowest BCUT2D eigenvalue weighted by atomic mass is 9.92. The number of hydrogen-bond donors (Lipinski definition) is 4. The molecule has 1 aliphatic heterocycles. The first-order valence-electron chi connectivity index (χ1n) is 6.53. The summed E-state index contributed by atoms with van der Waals surface area (Å²) in [5.74, 6) is -2.22. The van der Waals surface area contributed by atoms with Crippen LogP contribution in [0.25, 0.3) is 0 Å². The maximum Gasteiger partial charge on any atom is 0.202 e. The Labute approximate surface area is 129 Å². The van der Waals surface area contributed by atoms with Crippen LogP contribution in [0, 0.1) is 4.91 Å². The van der Waals surface area contributed by atoms with E-state index in [4.69, 9.17) is 4.74 Å². The van der Waals surface area contributed by atoms with Crippen LogP contribution in [0.5, 0.6) is 23.0 Å². The fraction of sp³-hybridized carbons (Fsp3) is 0.133. The van der Waals surface area contributed by atoms with Gasteiger partial charge in [-0.3, -0.25) is 4.79 Å². The molecule has 3 rings (SSSR count). The van der Waals surface area contributed by atoms with Gasteiger partial charge in [0.15, 0.2) is 23.7 Å². The Bertz CT molecular complexity index is 818. The van der Waals surface area contributed by atoms with Crippen LogP contribution in [0.2, 0.25) is 0 Å². The first kappa shape index (κ1) is 14.8. The topological polar surface area (TPSA) is 137 Å². The molecule has 1 unspecified atom stereocenters. The van der Waals surface area contributed by atoms with Crippen LogP contribution in [0.15, 0.2) is 35.5 Å². The van der Waals surface area contributed by atoms with Crippen molar-refractivity contribution in [1.29, 1.82) is 0 Å². The zero-order chi connectivity index (χ0) is 16.7. The third-order valence-electron chi connectivity index (χ3n) is 3.56. The molecule has 0 bridgehead atoms. The van der Waals surface area contributed by atoms with Gasteiger partial charge in [-0.05, 0) is 22.9 Å². The molecular formula is C15H11NO7. The molecule has 0 amide bonds. The predicted octanol–water partition coefficient (Wildman–Crippen LogP) is 1.88. The molecule has 0 aromatic heterocycles. The lowest BCUT2D eigenvalue weighted by Gasteiger charge is -2.30. The molecule has 0 saturated heterocycles. The summed E-state index contributed by atoms with van der Waals surface area (Å²) in [5, 5.41) is 41.5. The highest BCUT2D eigenvalue weighted by molar-refractivity contribution is 6.05. The highest BCUT2D eigenvalue weighted by atomic mass is 16.5. The molecule has 0 spiro atoms. The van der Waals surface area contributed by atoms with Gasteiger partial charge in [-0.25, -0.2) is 0 Å². The molecule has 8 nitrogen and oxygen atoms in total. The Kier molecular flexibility index (Phi) is 3.38. The molecular weight excluding hydrogens is 306 g/mol. The number of aromatic hydroxyl groups is 3. The standard InChI is InChI=1S/C15H11NO7/c17-8-2-1-6(3-9(8)18)15-14(21)13(20)12-10(19)4-7(16-22)5-11(12)23-15/h1-5,14-15,17-19,21H/t14?,15-/m1/s1. The van der Waals surface area contributed by atoms with Crippen molar-refractivity contribution in [2.24, 2.45) is 5.18 Å². The molecule has 0 fully saturated rings. The van der Waals surface area contributed by atoms with Crippen LogP contribution in [-0.2, 0) is 0 Å². The second-order valence-electron chi connectivity index (χ2n) is 5.03. The number of hydrogen-bond acceptors (Lipinski definition) is 8. The summed E-state index contributed by atoms with van der Waals surface area (Å²) in [5.41, 5.74) is -0.155. The molecule has 2 aromatic rings. The van der Waals surface area contributed by atoms with E-state index in [-0.39, 0.29) is 28.3 Å². The highest BCUT2D eigenvalue weighted by Gasteiger charge is 2.39. The van der Waals surface area contributed by atoms with E-state index in [0.29, 0.717) is 0 Å². The van der Waals surface area contributed by atoms with E-state index in [1.165, 1.54) is 18.2 Å². The number of ketones is 1. The van der Waals surface area contributed by atoms with Gasteiger partial charge in [-0.15, -0.1) is 4.91 Å². The zero-order valence-electron chi connectivity index (χ0n) is 11.5. The Morgan fingerprint density at radius 1 is 1.00 bits per heavy atom. The van der Waals surface area contributed by atoms with Crippen LogP contribution in [0.1, 0.15) is 22.0 Å². The van der Waals surface area contributed by atoms with Gasteiger partial charge >= 0.3 is 0 Å². The first-order chi connectivity index (χ1) is 10.9. The first-order valence-corrected chi connectivity index (χ1v) is 6.53. The molecule has 8 heteroatoms. The van der Waals surface area contributed by atoms with Gasteiger partial charge in [0.05, 0.1) is 0 Å². The molecule has 1 heterocycles. The number of nitroso groups, excluding NO2 is 1. The number of rotatable bonds is 2. The number of nitrogens with zero attached hydrogens (tertiary/aromatic N) is 1. The second-order valence-corrected chi connectivity index (χ2v) is 5.03. The van der Waals surface area contributed by atoms with Crippen LogP contribution in [0.4, 0.5) is 5.69 Å². The highest BCUT2D eigenvalue weighted by Crippen LogP contribution is 2.42. The van der Waals surface area contributed by atoms with Crippen LogP contribution >= 0.6 is 0 Å². The molecule has 0 radical (unpaired) electrons. The second kappa shape index (κ2) is 5.25. The van der Waals surface area contributed by atoms with Crippen molar-refractivity contribution >= 4 is 11.5 Å². The molecule has 23 heavy (non-hydrogen) atoms. The number of fused-ring (bicyclic) bond motifs is 1. The number of carbonyl (C=O) groups excluding carboxylic acids is 1. The number of carbonyl (C=O) groups is 1. The van der Waals surface area contributed by atoms with Crippen LogP contribution in [0.3, 0.4) is 0 Å². The van der Waals surface area contributed by atoms with Gasteiger partial charge < -0.3 is 25.2 Å². The number of phenolic OH excluding ortho intramolecular Hbond substituents is 3. The maximum atomic E-state index is 12.3. The summed E-state index contributed by atoms with van der Waals surface area (Å²) >= 11 is 0. The summed E-state index contributed by atoms with van der Waals surface area (Å²) < 4.78 is 5.50. The predicted molar refractivity (Wildman–Crippen MR) is 77.0 cm³/mol. The molecule has 2 atom stereocenters. The van der Waals surface area contributed by atoms with Crippen LogP contribution in [-0.4, -0.2) is 32.3 Å². The number of phenols is 3. The van der Waals surface area contributed by atoms with Crippen molar-refractivity contribution in [3.8, 4) is 23.0 Å². The molecule has 2 aromatic carbocycles. The summed E-state index contributed by atoms with van der Waals surface area (Å²) in [6, 6.07) is 5.85. The number of ether oxygens (including phenoxy) is 1. The smallest absolute Gasteiger partial charge is 0.202 e. The quantitative estimate of drug-likeness (QED) is 0.490. The number of Topliss-reactive ketones (excluding diaryl/α,β-unsaturated/α-hetero) is 1. The monoisotopic (exact) mass is 317 g/mol. The van der Waals surface area contributed by atoms with E-state index in [0.717, 1.165) is 12.1 Å². The number of aliphatic hydroxyl groups is 1. The van der Waals surface area contributed by atoms with Crippen molar-refractivity contribution in [3.05, 3.63) is 46.4 Å². The summed E-state index contributed by atoms with van der Waals surface area (Å²) in [6.07, 6.45) is -2.81. The van der Waals surface area contributed by atoms with Gasteiger partial charge in [-0.2, -0.15) is 0 Å². The van der Waals surface area contributed by atoms with Gasteiger partial charge in [0.1, 0.15) is 22.7 Å². The van der Waals surface area contributed by atoms with E-state index < -0.39 is 29.5 Å². The minimum atomic E-state index is -1.63. The lowest BCUT2D eigenvalue weighted by Crippen LogP contribution is -2.36.